The van der Waals surface area contributed by atoms with E-state index in [4.69, 9.17) is 0 Å². The summed E-state index contributed by atoms with van der Waals surface area (Å²) in [4.78, 5) is 16.6. The van der Waals surface area contributed by atoms with Gasteiger partial charge in [-0.25, -0.2) is 0 Å². The summed E-state index contributed by atoms with van der Waals surface area (Å²) in [5.74, 6) is 0.841. The van der Waals surface area contributed by atoms with Gasteiger partial charge >= 0.3 is 0 Å². The highest BCUT2D eigenvalue weighted by atomic mass is 32.1. The second kappa shape index (κ2) is 5.47. The van der Waals surface area contributed by atoms with Gasteiger partial charge in [-0.15, -0.1) is 22.7 Å². The van der Waals surface area contributed by atoms with Gasteiger partial charge in [0.05, 0.1) is 4.88 Å². The Balaban J connectivity index is 1.77. The maximum Gasteiger partial charge on any atom is 0.263 e. The number of thiophene rings is 2. The number of rotatable bonds is 2. The molecule has 2 aromatic rings. The molecule has 2 nitrogen and oxygen atoms in total. The van der Waals surface area contributed by atoms with Crippen molar-refractivity contribution >= 4 is 28.6 Å². The van der Waals surface area contributed by atoms with Crippen molar-refractivity contribution in [2.45, 2.75) is 19.8 Å². The van der Waals surface area contributed by atoms with Gasteiger partial charge in [-0.05, 0) is 36.3 Å². The third kappa shape index (κ3) is 2.74. The lowest BCUT2D eigenvalue weighted by atomic mass is 10.0. The summed E-state index contributed by atoms with van der Waals surface area (Å²) >= 11 is 3.29. The molecule has 0 radical (unpaired) electrons. The molecule has 1 atom stereocenters. The van der Waals surface area contributed by atoms with Crippen molar-refractivity contribution in [2.75, 3.05) is 13.1 Å². The van der Waals surface area contributed by atoms with Crippen molar-refractivity contribution in [3.8, 4) is 10.4 Å². The van der Waals surface area contributed by atoms with Gasteiger partial charge < -0.3 is 4.90 Å². The minimum absolute atomic E-state index is 0.208. The van der Waals surface area contributed by atoms with Gasteiger partial charge in [0.1, 0.15) is 0 Å². The molecule has 1 saturated heterocycles. The lowest BCUT2D eigenvalue weighted by molar-refractivity contribution is 0.0688. The van der Waals surface area contributed by atoms with Crippen LogP contribution in [0, 0.1) is 5.92 Å². The van der Waals surface area contributed by atoms with Gasteiger partial charge in [-0.2, -0.15) is 0 Å². The number of nitrogens with zero attached hydrogens (tertiary/aromatic N) is 1. The van der Waals surface area contributed by atoms with Gasteiger partial charge in [-0.3, -0.25) is 4.79 Å². The van der Waals surface area contributed by atoms with Crippen LogP contribution in [0.2, 0.25) is 0 Å². The van der Waals surface area contributed by atoms with Gasteiger partial charge in [0, 0.05) is 28.9 Å². The molecule has 1 aliphatic heterocycles. The van der Waals surface area contributed by atoms with Crippen molar-refractivity contribution in [1.82, 2.24) is 4.90 Å². The molecule has 1 aliphatic rings. The van der Waals surface area contributed by atoms with E-state index in [2.05, 4.69) is 23.8 Å². The Bertz CT molecular complexity index is 558. The lowest BCUT2D eigenvalue weighted by Gasteiger charge is -2.30. The van der Waals surface area contributed by atoms with Crippen LogP contribution in [0.4, 0.5) is 0 Å². The monoisotopic (exact) mass is 291 g/mol. The van der Waals surface area contributed by atoms with E-state index in [1.165, 1.54) is 16.9 Å². The molecule has 19 heavy (non-hydrogen) atoms. The zero-order chi connectivity index (χ0) is 13.2. The molecule has 3 rings (SSSR count). The largest absolute Gasteiger partial charge is 0.338 e. The summed E-state index contributed by atoms with van der Waals surface area (Å²) in [5, 5.41) is 4.16. The number of carbonyl (C=O) groups excluding carboxylic acids is 1. The first-order valence-electron chi connectivity index (χ1n) is 6.66. The number of piperidine rings is 1. The Morgan fingerprint density at radius 2 is 2.32 bits per heavy atom. The molecule has 0 spiro atoms. The van der Waals surface area contributed by atoms with Crippen LogP contribution < -0.4 is 0 Å². The fourth-order valence-electron chi connectivity index (χ4n) is 2.55. The summed E-state index contributed by atoms with van der Waals surface area (Å²) in [5.41, 5.74) is 1.17. The van der Waals surface area contributed by atoms with E-state index < -0.39 is 0 Å². The topological polar surface area (TPSA) is 20.3 Å². The minimum Gasteiger partial charge on any atom is -0.338 e. The highest BCUT2D eigenvalue weighted by Crippen LogP contribution is 2.30. The van der Waals surface area contributed by atoms with Crippen molar-refractivity contribution < 1.29 is 4.79 Å². The molecule has 0 bridgehead atoms. The molecule has 1 fully saturated rings. The van der Waals surface area contributed by atoms with Crippen LogP contribution in [-0.4, -0.2) is 23.9 Å². The fraction of sp³-hybridized carbons (Fsp3) is 0.400. The van der Waals surface area contributed by atoms with Crippen LogP contribution in [0.5, 0.6) is 0 Å². The molecule has 1 unspecified atom stereocenters. The first-order valence-corrected chi connectivity index (χ1v) is 8.41. The molecular formula is C15H17NOS2. The van der Waals surface area contributed by atoms with E-state index >= 15 is 0 Å². The van der Waals surface area contributed by atoms with Crippen LogP contribution in [0.25, 0.3) is 10.4 Å². The maximum absolute atomic E-state index is 12.5. The van der Waals surface area contributed by atoms with Crippen LogP contribution in [0.15, 0.2) is 29.0 Å². The first kappa shape index (κ1) is 12.9. The highest BCUT2D eigenvalue weighted by molar-refractivity contribution is 7.15. The lowest BCUT2D eigenvalue weighted by Crippen LogP contribution is -2.38. The quantitative estimate of drug-likeness (QED) is 0.805. The third-order valence-corrected chi connectivity index (χ3v) is 5.40. The number of hydrogen-bond donors (Lipinski definition) is 0. The van der Waals surface area contributed by atoms with Crippen molar-refractivity contribution in [1.29, 1.82) is 0 Å². The zero-order valence-electron chi connectivity index (χ0n) is 11.0. The minimum atomic E-state index is 0.208. The summed E-state index contributed by atoms with van der Waals surface area (Å²) < 4.78 is 0. The number of hydrogen-bond acceptors (Lipinski definition) is 3. The van der Waals surface area contributed by atoms with Crippen molar-refractivity contribution in [2.24, 2.45) is 5.92 Å². The third-order valence-electron chi connectivity index (χ3n) is 3.56. The van der Waals surface area contributed by atoms with E-state index in [0.717, 1.165) is 24.4 Å². The molecule has 0 N–H and O–H groups in total. The summed E-state index contributed by atoms with van der Waals surface area (Å²) in [7, 11) is 0. The molecular weight excluding hydrogens is 274 g/mol. The molecule has 4 heteroatoms. The average Bonchev–Trinajstić information content (AvgIpc) is 3.08. The molecule has 0 aliphatic carbocycles. The van der Waals surface area contributed by atoms with Crippen molar-refractivity contribution in [3.63, 3.8) is 0 Å². The van der Waals surface area contributed by atoms with E-state index in [-0.39, 0.29) is 5.91 Å². The molecule has 0 saturated carbocycles. The molecule has 1 amide bonds. The second-order valence-electron chi connectivity index (χ2n) is 5.18. The summed E-state index contributed by atoms with van der Waals surface area (Å²) in [6.07, 6.45) is 2.38. The molecule has 3 heterocycles. The van der Waals surface area contributed by atoms with Gasteiger partial charge in [0.2, 0.25) is 0 Å². The zero-order valence-corrected chi connectivity index (χ0v) is 12.6. The highest BCUT2D eigenvalue weighted by Gasteiger charge is 2.23. The van der Waals surface area contributed by atoms with Gasteiger partial charge in [0.25, 0.3) is 5.91 Å². The Hall–Kier alpha value is -1.13. The Morgan fingerprint density at radius 1 is 1.42 bits per heavy atom. The Kier molecular flexibility index (Phi) is 3.71. The average molecular weight is 291 g/mol. The van der Waals surface area contributed by atoms with E-state index in [1.54, 1.807) is 22.7 Å². The number of amides is 1. The van der Waals surface area contributed by atoms with Crippen molar-refractivity contribution in [3.05, 3.63) is 33.8 Å². The Morgan fingerprint density at radius 3 is 3.05 bits per heavy atom. The normalized spacial score (nSPS) is 19.6. The second-order valence-corrected chi connectivity index (χ2v) is 7.03. The van der Waals surface area contributed by atoms with Crippen LogP contribution in [0.3, 0.4) is 0 Å². The van der Waals surface area contributed by atoms with E-state index in [0.29, 0.717) is 5.92 Å². The smallest absolute Gasteiger partial charge is 0.263 e. The predicted molar refractivity (Wildman–Crippen MR) is 81.9 cm³/mol. The summed E-state index contributed by atoms with van der Waals surface area (Å²) in [6, 6.07) is 6.19. The molecule has 0 aromatic carbocycles. The fourth-order valence-corrected chi connectivity index (χ4v) is 4.21. The molecule has 2 aromatic heterocycles. The van der Waals surface area contributed by atoms with Crippen LogP contribution >= 0.6 is 22.7 Å². The Labute approximate surface area is 121 Å². The standard InChI is InChI=1S/C15H17NOS2/c1-11-4-2-6-16(9-11)15(17)14-8-12(10-19-14)13-5-3-7-18-13/h3,5,7-8,10-11H,2,4,6,9H2,1H3. The predicted octanol–water partition coefficient (Wildman–Crippen LogP) is 4.35. The van der Waals surface area contributed by atoms with Crippen LogP contribution in [0.1, 0.15) is 29.4 Å². The SMILES string of the molecule is CC1CCCN(C(=O)c2cc(-c3cccs3)cs2)C1. The summed E-state index contributed by atoms with van der Waals surface area (Å²) in [6.45, 7) is 4.05. The van der Waals surface area contributed by atoms with Crippen LogP contribution in [-0.2, 0) is 0 Å². The first-order chi connectivity index (χ1) is 9.24. The maximum atomic E-state index is 12.5. The van der Waals surface area contributed by atoms with E-state index in [1.807, 2.05) is 17.0 Å². The number of likely N-dealkylation sites (tertiary alicyclic amines) is 1. The van der Waals surface area contributed by atoms with Gasteiger partial charge in [-0.1, -0.05) is 13.0 Å². The van der Waals surface area contributed by atoms with E-state index in [9.17, 15) is 4.79 Å². The molecule has 100 valence electrons. The van der Waals surface area contributed by atoms with Gasteiger partial charge in [0.15, 0.2) is 0 Å². The number of carbonyl (C=O) groups is 1.